The minimum absolute atomic E-state index is 0.380. The summed E-state index contributed by atoms with van der Waals surface area (Å²) in [5.41, 5.74) is 1.42. The smallest absolute Gasteiger partial charge is 0.339 e. The van der Waals surface area contributed by atoms with E-state index in [1.54, 1.807) is 60.8 Å². The highest BCUT2D eigenvalue weighted by atomic mass is 19.1. The van der Waals surface area contributed by atoms with E-state index in [-0.39, 0.29) is 0 Å². The molecule has 0 aliphatic carbocycles. The first-order valence-electron chi connectivity index (χ1n) is 8.27. The summed E-state index contributed by atoms with van der Waals surface area (Å²) >= 11 is 0. The zero-order valence-electron chi connectivity index (χ0n) is 14.3. The zero-order valence-corrected chi connectivity index (χ0v) is 14.3. The summed E-state index contributed by atoms with van der Waals surface area (Å²) < 4.78 is 24.7. The maximum Gasteiger partial charge on any atom is 0.339 e. The molecule has 0 fully saturated rings. The molecule has 0 saturated heterocycles. The van der Waals surface area contributed by atoms with Gasteiger partial charge in [0.2, 0.25) is 0 Å². The molecule has 1 unspecified atom stereocenters. The van der Waals surface area contributed by atoms with Crippen molar-refractivity contribution in [3.8, 4) is 5.75 Å². The number of aromatic nitrogens is 1. The van der Waals surface area contributed by atoms with Crippen molar-refractivity contribution in [1.29, 1.82) is 0 Å². The molecule has 0 aliphatic rings. The van der Waals surface area contributed by atoms with E-state index in [0.717, 1.165) is 0 Å². The van der Waals surface area contributed by atoms with Gasteiger partial charge < -0.3 is 9.47 Å². The van der Waals surface area contributed by atoms with Crippen molar-refractivity contribution >= 4 is 5.97 Å². The van der Waals surface area contributed by atoms with E-state index >= 15 is 0 Å². The third kappa shape index (κ3) is 4.25. The lowest BCUT2D eigenvalue weighted by atomic mass is 10.1. The molecular formula is C21H18FNO3. The SMILES string of the molecule is CCOc1ccc(C(=O)OC(c2cccc(F)c2)c2ccccn2)cc1. The molecule has 0 radical (unpaired) electrons. The van der Waals surface area contributed by atoms with E-state index in [0.29, 0.717) is 29.2 Å². The Bertz CT molecular complexity index is 866. The van der Waals surface area contributed by atoms with Gasteiger partial charge in [-0.15, -0.1) is 0 Å². The number of carbonyl (C=O) groups is 1. The van der Waals surface area contributed by atoms with Crippen molar-refractivity contribution in [3.63, 3.8) is 0 Å². The van der Waals surface area contributed by atoms with Crippen LogP contribution >= 0.6 is 0 Å². The third-order valence-electron chi connectivity index (χ3n) is 3.73. The summed E-state index contributed by atoms with van der Waals surface area (Å²) in [5, 5.41) is 0. The van der Waals surface area contributed by atoms with Crippen molar-refractivity contribution in [2.75, 3.05) is 6.61 Å². The van der Waals surface area contributed by atoms with Crippen LogP contribution in [-0.4, -0.2) is 17.6 Å². The van der Waals surface area contributed by atoms with Gasteiger partial charge in [-0.05, 0) is 55.5 Å². The molecule has 132 valence electrons. The number of halogens is 1. The Morgan fingerprint density at radius 2 is 1.88 bits per heavy atom. The second-order valence-corrected chi connectivity index (χ2v) is 5.55. The van der Waals surface area contributed by atoms with Crippen LogP contribution in [0.25, 0.3) is 0 Å². The molecule has 0 N–H and O–H groups in total. The van der Waals surface area contributed by atoms with E-state index in [4.69, 9.17) is 9.47 Å². The lowest BCUT2D eigenvalue weighted by Crippen LogP contribution is -2.14. The van der Waals surface area contributed by atoms with Crippen LogP contribution in [0.3, 0.4) is 0 Å². The minimum atomic E-state index is -0.800. The maximum absolute atomic E-state index is 13.6. The standard InChI is InChI=1S/C21H18FNO3/c1-2-25-18-11-9-15(10-12-18)21(24)26-20(19-8-3-4-13-23-19)16-6-5-7-17(22)14-16/h3-14,20H,2H2,1H3. The Morgan fingerprint density at radius 3 is 2.54 bits per heavy atom. The number of hydrogen-bond acceptors (Lipinski definition) is 4. The monoisotopic (exact) mass is 351 g/mol. The largest absolute Gasteiger partial charge is 0.494 e. The van der Waals surface area contributed by atoms with Gasteiger partial charge in [-0.3, -0.25) is 4.98 Å². The first kappa shape index (κ1) is 17.6. The predicted octanol–water partition coefficient (Wildman–Crippen LogP) is 4.57. The van der Waals surface area contributed by atoms with E-state index in [1.165, 1.54) is 12.1 Å². The molecule has 3 rings (SSSR count). The normalized spacial score (nSPS) is 11.6. The van der Waals surface area contributed by atoms with Gasteiger partial charge in [0, 0.05) is 11.8 Å². The summed E-state index contributed by atoms with van der Waals surface area (Å²) in [6.45, 7) is 2.43. The van der Waals surface area contributed by atoms with Gasteiger partial charge in [0.15, 0.2) is 6.10 Å². The number of rotatable bonds is 6. The molecule has 4 nitrogen and oxygen atoms in total. The fraction of sp³-hybridized carbons (Fsp3) is 0.143. The molecule has 0 spiro atoms. The zero-order chi connectivity index (χ0) is 18.4. The molecule has 0 bridgehead atoms. The lowest BCUT2D eigenvalue weighted by Gasteiger charge is -2.18. The van der Waals surface area contributed by atoms with Gasteiger partial charge in [0.25, 0.3) is 0 Å². The topological polar surface area (TPSA) is 48.4 Å². The van der Waals surface area contributed by atoms with Crippen LogP contribution < -0.4 is 4.74 Å². The average molecular weight is 351 g/mol. The van der Waals surface area contributed by atoms with E-state index in [1.807, 2.05) is 6.92 Å². The summed E-state index contributed by atoms with van der Waals surface area (Å²) in [6, 6.07) is 17.9. The molecule has 1 aromatic heterocycles. The first-order valence-corrected chi connectivity index (χ1v) is 8.27. The summed E-state index contributed by atoms with van der Waals surface area (Å²) in [5.74, 6) is -0.246. The molecule has 1 heterocycles. The molecule has 2 aromatic carbocycles. The van der Waals surface area contributed by atoms with Gasteiger partial charge in [-0.2, -0.15) is 0 Å². The van der Waals surface area contributed by atoms with Crippen molar-refractivity contribution in [3.05, 3.63) is 95.6 Å². The Hall–Kier alpha value is -3.21. The van der Waals surface area contributed by atoms with Crippen molar-refractivity contribution in [1.82, 2.24) is 4.98 Å². The fourth-order valence-corrected chi connectivity index (χ4v) is 2.53. The van der Waals surface area contributed by atoms with Crippen LogP contribution in [0.4, 0.5) is 4.39 Å². The number of benzene rings is 2. The van der Waals surface area contributed by atoms with Gasteiger partial charge in [-0.25, -0.2) is 9.18 Å². The van der Waals surface area contributed by atoms with Crippen molar-refractivity contribution < 1.29 is 18.7 Å². The number of pyridine rings is 1. The Labute approximate surface area is 151 Å². The van der Waals surface area contributed by atoms with E-state index in [9.17, 15) is 9.18 Å². The van der Waals surface area contributed by atoms with Gasteiger partial charge >= 0.3 is 5.97 Å². The Balaban J connectivity index is 1.87. The van der Waals surface area contributed by atoms with Crippen molar-refractivity contribution in [2.24, 2.45) is 0 Å². The number of hydrogen-bond donors (Lipinski definition) is 0. The summed E-state index contributed by atoms with van der Waals surface area (Å²) in [7, 11) is 0. The average Bonchev–Trinajstić information content (AvgIpc) is 2.67. The van der Waals surface area contributed by atoms with Crippen LogP contribution in [0.2, 0.25) is 0 Å². The molecule has 3 aromatic rings. The van der Waals surface area contributed by atoms with Crippen LogP contribution in [-0.2, 0) is 4.74 Å². The second kappa shape index (κ2) is 8.25. The Morgan fingerprint density at radius 1 is 1.08 bits per heavy atom. The Kier molecular flexibility index (Phi) is 5.59. The highest BCUT2D eigenvalue weighted by molar-refractivity contribution is 5.89. The molecule has 26 heavy (non-hydrogen) atoms. The molecule has 1 atom stereocenters. The first-order chi connectivity index (χ1) is 12.7. The second-order valence-electron chi connectivity index (χ2n) is 5.55. The lowest BCUT2D eigenvalue weighted by molar-refractivity contribution is 0.0370. The van der Waals surface area contributed by atoms with Crippen LogP contribution in [0.15, 0.2) is 72.9 Å². The van der Waals surface area contributed by atoms with Gasteiger partial charge in [0.1, 0.15) is 11.6 Å². The molecule has 0 aliphatic heterocycles. The van der Waals surface area contributed by atoms with E-state index < -0.39 is 17.9 Å². The summed E-state index contributed by atoms with van der Waals surface area (Å²) in [6.07, 6.45) is 0.803. The molecule has 0 amide bonds. The van der Waals surface area contributed by atoms with Crippen LogP contribution in [0.1, 0.15) is 34.6 Å². The van der Waals surface area contributed by atoms with Gasteiger partial charge in [0.05, 0.1) is 17.9 Å². The quantitative estimate of drug-likeness (QED) is 0.611. The number of esters is 1. The number of nitrogens with zero attached hydrogens (tertiary/aromatic N) is 1. The molecule has 0 saturated carbocycles. The number of carbonyl (C=O) groups excluding carboxylic acids is 1. The highest BCUT2D eigenvalue weighted by Crippen LogP contribution is 2.26. The predicted molar refractivity (Wildman–Crippen MR) is 95.5 cm³/mol. The van der Waals surface area contributed by atoms with Gasteiger partial charge in [-0.1, -0.05) is 18.2 Å². The minimum Gasteiger partial charge on any atom is -0.494 e. The molecular weight excluding hydrogens is 333 g/mol. The summed E-state index contributed by atoms with van der Waals surface area (Å²) in [4.78, 5) is 16.8. The van der Waals surface area contributed by atoms with Crippen molar-refractivity contribution in [2.45, 2.75) is 13.0 Å². The highest BCUT2D eigenvalue weighted by Gasteiger charge is 2.21. The third-order valence-corrected chi connectivity index (χ3v) is 3.73. The van der Waals surface area contributed by atoms with Crippen LogP contribution in [0, 0.1) is 5.82 Å². The maximum atomic E-state index is 13.6. The fourth-order valence-electron chi connectivity index (χ4n) is 2.53. The molecule has 5 heteroatoms. The van der Waals surface area contributed by atoms with Crippen LogP contribution in [0.5, 0.6) is 5.75 Å². The van der Waals surface area contributed by atoms with E-state index in [2.05, 4.69) is 4.98 Å². The number of ether oxygens (including phenoxy) is 2.